The molecule has 0 saturated heterocycles. The van der Waals surface area contributed by atoms with Gasteiger partial charge in [-0.05, 0) is 47.0 Å². The van der Waals surface area contributed by atoms with Gasteiger partial charge in [0.1, 0.15) is 0 Å². The van der Waals surface area contributed by atoms with Crippen molar-refractivity contribution in [1.82, 2.24) is 5.32 Å². The molecule has 0 saturated carbocycles. The van der Waals surface area contributed by atoms with Crippen LogP contribution < -0.4 is 10.2 Å². The van der Waals surface area contributed by atoms with E-state index in [2.05, 4.69) is 72.0 Å². The summed E-state index contributed by atoms with van der Waals surface area (Å²) >= 11 is 3.72. The molecule has 108 valence electrons. The maximum absolute atomic E-state index is 3.72. The minimum Gasteiger partial charge on any atom is -0.371 e. The van der Waals surface area contributed by atoms with E-state index in [0.29, 0.717) is 6.04 Å². The number of nitrogens with one attached hydrogen (secondary N) is 1. The van der Waals surface area contributed by atoms with Gasteiger partial charge in [0.2, 0.25) is 0 Å². The normalized spacial score (nSPS) is 11.1. The van der Waals surface area contributed by atoms with Gasteiger partial charge < -0.3 is 10.2 Å². The third kappa shape index (κ3) is 5.53. The van der Waals surface area contributed by atoms with Gasteiger partial charge in [0.05, 0.1) is 5.69 Å². The van der Waals surface area contributed by atoms with Crippen molar-refractivity contribution in [3.8, 4) is 0 Å². The summed E-state index contributed by atoms with van der Waals surface area (Å²) in [5.41, 5.74) is 2.64. The Morgan fingerprint density at radius 1 is 1.26 bits per heavy atom. The van der Waals surface area contributed by atoms with E-state index in [1.165, 1.54) is 28.6 Å². The van der Waals surface area contributed by atoms with Crippen LogP contribution in [0.25, 0.3) is 0 Å². The number of anilines is 1. The first-order valence-corrected chi connectivity index (χ1v) is 8.14. The lowest BCUT2D eigenvalue weighted by atomic mass is 10.1. The molecule has 0 aliphatic carbocycles. The number of hydrogen-bond donors (Lipinski definition) is 1. The Kier molecular flexibility index (Phi) is 7.47. The molecule has 0 amide bonds. The zero-order valence-corrected chi connectivity index (χ0v) is 14.3. The molecule has 0 heterocycles. The lowest BCUT2D eigenvalue weighted by Gasteiger charge is -2.24. The second-order valence-electron chi connectivity index (χ2n) is 5.25. The molecule has 0 aromatic heterocycles. The quantitative estimate of drug-likeness (QED) is 0.752. The van der Waals surface area contributed by atoms with Crippen LogP contribution in [0, 0.1) is 0 Å². The first kappa shape index (κ1) is 16.5. The monoisotopic (exact) mass is 326 g/mol. The summed E-state index contributed by atoms with van der Waals surface area (Å²) in [4.78, 5) is 2.44. The van der Waals surface area contributed by atoms with Gasteiger partial charge >= 0.3 is 0 Å². The Bertz CT molecular complexity index is 377. The van der Waals surface area contributed by atoms with Crippen molar-refractivity contribution in [3.63, 3.8) is 0 Å². The predicted molar refractivity (Wildman–Crippen MR) is 88.9 cm³/mol. The molecule has 0 fully saturated rings. The highest BCUT2D eigenvalue weighted by Gasteiger charge is 2.08. The molecular formula is C16H27BrN2. The molecule has 0 atom stereocenters. The molecule has 1 aromatic carbocycles. The number of unbranched alkanes of at least 4 members (excludes halogenated alkanes) is 1. The number of hydrogen-bond acceptors (Lipinski definition) is 2. The molecule has 2 nitrogen and oxygen atoms in total. The summed E-state index contributed by atoms with van der Waals surface area (Å²) in [6.07, 6.45) is 2.49. The highest BCUT2D eigenvalue weighted by atomic mass is 79.9. The van der Waals surface area contributed by atoms with Crippen molar-refractivity contribution in [2.75, 3.05) is 18.0 Å². The third-order valence-corrected chi connectivity index (χ3v) is 3.87. The summed E-state index contributed by atoms with van der Waals surface area (Å²) in [5.74, 6) is 0. The minimum atomic E-state index is 0.523. The van der Waals surface area contributed by atoms with Crippen LogP contribution in [0.4, 0.5) is 5.69 Å². The lowest BCUT2D eigenvalue weighted by Crippen LogP contribution is -2.24. The molecule has 0 bridgehead atoms. The highest BCUT2D eigenvalue weighted by Crippen LogP contribution is 2.27. The van der Waals surface area contributed by atoms with E-state index >= 15 is 0 Å². The highest BCUT2D eigenvalue weighted by molar-refractivity contribution is 9.10. The second-order valence-corrected chi connectivity index (χ2v) is 6.11. The molecule has 1 rings (SSSR count). The van der Waals surface area contributed by atoms with Crippen LogP contribution in [0.1, 0.15) is 46.1 Å². The molecule has 19 heavy (non-hydrogen) atoms. The van der Waals surface area contributed by atoms with Crippen LogP contribution in [0.3, 0.4) is 0 Å². The van der Waals surface area contributed by atoms with Crippen molar-refractivity contribution in [1.29, 1.82) is 0 Å². The Labute approximate surface area is 126 Å². The zero-order chi connectivity index (χ0) is 14.3. The third-order valence-electron chi connectivity index (χ3n) is 3.23. The van der Waals surface area contributed by atoms with Crippen LogP contribution in [-0.4, -0.2) is 19.1 Å². The van der Waals surface area contributed by atoms with E-state index in [0.717, 1.165) is 19.6 Å². The van der Waals surface area contributed by atoms with Gasteiger partial charge in [-0.2, -0.15) is 0 Å². The van der Waals surface area contributed by atoms with Crippen molar-refractivity contribution in [2.45, 2.75) is 53.1 Å². The summed E-state index contributed by atoms with van der Waals surface area (Å²) in [5, 5.41) is 3.45. The van der Waals surface area contributed by atoms with Gasteiger partial charge in [-0.25, -0.2) is 0 Å². The first-order valence-electron chi connectivity index (χ1n) is 7.35. The van der Waals surface area contributed by atoms with Gasteiger partial charge in [-0.15, -0.1) is 0 Å². The molecule has 1 N–H and O–H groups in total. The first-order chi connectivity index (χ1) is 9.08. The van der Waals surface area contributed by atoms with E-state index in [9.17, 15) is 0 Å². The molecule has 0 radical (unpaired) electrons. The summed E-state index contributed by atoms with van der Waals surface area (Å²) in [6, 6.07) is 7.22. The van der Waals surface area contributed by atoms with Crippen molar-refractivity contribution >= 4 is 21.6 Å². The van der Waals surface area contributed by atoms with E-state index in [1.54, 1.807) is 0 Å². The van der Waals surface area contributed by atoms with Gasteiger partial charge in [0.25, 0.3) is 0 Å². The number of benzene rings is 1. The average Bonchev–Trinajstić information content (AvgIpc) is 2.39. The summed E-state index contributed by atoms with van der Waals surface area (Å²) in [7, 11) is 0. The maximum Gasteiger partial charge on any atom is 0.0510 e. The maximum atomic E-state index is 3.72. The van der Waals surface area contributed by atoms with E-state index in [4.69, 9.17) is 0 Å². The Balaban J connectivity index is 2.74. The Morgan fingerprint density at radius 3 is 2.53 bits per heavy atom. The smallest absolute Gasteiger partial charge is 0.0510 e. The lowest BCUT2D eigenvalue weighted by molar-refractivity contribution is 0.588. The van der Waals surface area contributed by atoms with E-state index in [1.807, 2.05) is 0 Å². The molecular weight excluding hydrogens is 300 g/mol. The molecule has 0 aliphatic heterocycles. The Morgan fingerprint density at radius 2 is 2.00 bits per heavy atom. The van der Waals surface area contributed by atoms with E-state index < -0.39 is 0 Å². The number of rotatable bonds is 8. The van der Waals surface area contributed by atoms with Gasteiger partial charge in [0, 0.05) is 30.1 Å². The summed E-state index contributed by atoms with van der Waals surface area (Å²) in [6.45, 7) is 11.9. The van der Waals surface area contributed by atoms with Crippen LogP contribution in [0.2, 0.25) is 0 Å². The molecule has 0 unspecified atom stereocenters. The fourth-order valence-electron chi connectivity index (χ4n) is 2.04. The average molecular weight is 327 g/mol. The predicted octanol–water partition coefficient (Wildman–Crippen LogP) is 4.57. The van der Waals surface area contributed by atoms with Crippen LogP contribution >= 0.6 is 15.9 Å². The van der Waals surface area contributed by atoms with Crippen LogP contribution in [0.15, 0.2) is 22.7 Å². The molecule has 0 aliphatic rings. The van der Waals surface area contributed by atoms with Gasteiger partial charge in [-0.3, -0.25) is 0 Å². The molecule has 3 heteroatoms. The van der Waals surface area contributed by atoms with Gasteiger partial charge in [-0.1, -0.05) is 33.3 Å². The van der Waals surface area contributed by atoms with Crippen molar-refractivity contribution in [3.05, 3.63) is 28.2 Å². The minimum absolute atomic E-state index is 0.523. The molecule has 1 aromatic rings. The van der Waals surface area contributed by atoms with Crippen molar-refractivity contribution < 1.29 is 0 Å². The fraction of sp³-hybridized carbons (Fsp3) is 0.625. The van der Waals surface area contributed by atoms with Crippen molar-refractivity contribution in [2.24, 2.45) is 0 Å². The van der Waals surface area contributed by atoms with Crippen LogP contribution in [-0.2, 0) is 6.54 Å². The standard InChI is InChI=1S/C16H27BrN2/c1-5-7-10-19(6-2)16-9-8-14(11-15(16)17)12-18-13(3)4/h8-9,11,13,18H,5-7,10,12H2,1-4H3. The van der Waals surface area contributed by atoms with Crippen LogP contribution in [0.5, 0.6) is 0 Å². The van der Waals surface area contributed by atoms with Gasteiger partial charge in [0.15, 0.2) is 0 Å². The SMILES string of the molecule is CCCCN(CC)c1ccc(CNC(C)C)cc1Br. The fourth-order valence-corrected chi connectivity index (χ4v) is 2.71. The topological polar surface area (TPSA) is 15.3 Å². The number of nitrogens with zero attached hydrogens (tertiary/aromatic N) is 1. The Hall–Kier alpha value is -0.540. The largest absolute Gasteiger partial charge is 0.371 e. The number of halogens is 1. The molecule has 0 spiro atoms. The van der Waals surface area contributed by atoms with E-state index in [-0.39, 0.29) is 0 Å². The second kappa shape index (κ2) is 8.60. The summed E-state index contributed by atoms with van der Waals surface area (Å²) < 4.78 is 1.20. The zero-order valence-electron chi connectivity index (χ0n) is 12.7.